The van der Waals surface area contributed by atoms with Gasteiger partial charge in [-0.05, 0) is 0 Å². The number of nitrogens with zero attached hydrogens (tertiary/aromatic N) is 6. The lowest BCUT2D eigenvalue weighted by atomic mass is 10.3. The Hall–Kier alpha value is -2.26. The third-order valence-corrected chi connectivity index (χ3v) is 2.14. The number of aromatic nitrogens is 6. The number of carbonyl (C=O) groups is 1. The lowest BCUT2D eigenvalue weighted by Gasteiger charge is -2.00. The van der Waals surface area contributed by atoms with E-state index < -0.39 is 17.7 Å². The fraction of sp³-hybridized carbons (Fsp3) is 0.375. The Kier molecular flexibility index (Phi) is 2.85. The summed E-state index contributed by atoms with van der Waals surface area (Å²) in [5.41, 5.74) is -0.746. The van der Waals surface area contributed by atoms with Crippen molar-refractivity contribution in [2.45, 2.75) is 12.7 Å². The van der Waals surface area contributed by atoms with Gasteiger partial charge in [0.2, 0.25) is 0 Å². The SMILES string of the molecule is Cn1cnnc1Cn1cc(C(=O)C(F)(F)F)nn1. The summed E-state index contributed by atoms with van der Waals surface area (Å²) in [6.07, 6.45) is -2.59. The number of aryl methyl sites for hydroxylation is 1. The van der Waals surface area contributed by atoms with Gasteiger partial charge in [0.1, 0.15) is 12.9 Å². The molecule has 0 aliphatic carbocycles. The average molecular weight is 260 g/mol. The van der Waals surface area contributed by atoms with Gasteiger partial charge >= 0.3 is 6.18 Å². The molecule has 0 amide bonds. The van der Waals surface area contributed by atoms with Crippen molar-refractivity contribution in [3.05, 3.63) is 24.0 Å². The van der Waals surface area contributed by atoms with Gasteiger partial charge in [-0.15, -0.1) is 15.3 Å². The zero-order valence-corrected chi connectivity index (χ0v) is 9.09. The van der Waals surface area contributed by atoms with Crippen LogP contribution in [0.15, 0.2) is 12.5 Å². The maximum absolute atomic E-state index is 12.1. The van der Waals surface area contributed by atoms with Crippen molar-refractivity contribution in [2.24, 2.45) is 7.05 Å². The summed E-state index contributed by atoms with van der Waals surface area (Å²) in [5, 5.41) is 13.9. The molecular formula is C8H7F3N6O. The van der Waals surface area contributed by atoms with Crippen molar-refractivity contribution in [1.29, 1.82) is 0 Å². The van der Waals surface area contributed by atoms with E-state index in [0.29, 0.717) is 5.82 Å². The minimum absolute atomic E-state index is 0.0780. The van der Waals surface area contributed by atoms with E-state index in [4.69, 9.17) is 0 Å². The van der Waals surface area contributed by atoms with Gasteiger partial charge in [-0.25, -0.2) is 4.68 Å². The van der Waals surface area contributed by atoms with Gasteiger partial charge in [-0.1, -0.05) is 5.21 Å². The van der Waals surface area contributed by atoms with Crippen LogP contribution in [0.4, 0.5) is 13.2 Å². The van der Waals surface area contributed by atoms with Crippen LogP contribution in [-0.4, -0.2) is 41.7 Å². The quantitative estimate of drug-likeness (QED) is 0.736. The van der Waals surface area contributed by atoms with Crippen LogP contribution in [0.1, 0.15) is 16.3 Å². The topological polar surface area (TPSA) is 78.5 Å². The number of rotatable bonds is 3. The highest BCUT2D eigenvalue weighted by atomic mass is 19.4. The van der Waals surface area contributed by atoms with E-state index >= 15 is 0 Å². The van der Waals surface area contributed by atoms with E-state index in [1.54, 1.807) is 11.6 Å². The molecule has 0 N–H and O–H groups in total. The van der Waals surface area contributed by atoms with Gasteiger partial charge in [-0.3, -0.25) is 4.79 Å². The predicted molar refractivity (Wildman–Crippen MR) is 50.5 cm³/mol. The van der Waals surface area contributed by atoms with Gasteiger partial charge in [-0.2, -0.15) is 13.2 Å². The molecule has 18 heavy (non-hydrogen) atoms. The van der Waals surface area contributed by atoms with E-state index in [9.17, 15) is 18.0 Å². The molecule has 0 aliphatic heterocycles. The second kappa shape index (κ2) is 4.20. The molecule has 0 radical (unpaired) electrons. The van der Waals surface area contributed by atoms with Crippen molar-refractivity contribution >= 4 is 5.78 Å². The van der Waals surface area contributed by atoms with E-state index in [2.05, 4.69) is 20.5 Å². The monoisotopic (exact) mass is 260 g/mol. The lowest BCUT2D eigenvalue weighted by Crippen LogP contribution is -2.23. The highest BCUT2D eigenvalue weighted by Crippen LogP contribution is 2.19. The van der Waals surface area contributed by atoms with Crippen LogP contribution in [-0.2, 0) is 13.6 Å². The van der Waals surface area contributed by atoms with Crippen LogP contribution < -0.4 is 0 Å². The van der Waals surface area contributed by atoms with Gasteiger partial charge in [0.05, 0.1) is 6.20 Å². The van der Waals surface area contributed by atoms with Gasteiger partial charge in [0, 0.05) is 7.05 Å². The maximum atomic E-state index is 12.1. The van der Waals surface area contributed by atoms with E-state index in [1.165, 1.54) is 6.33 Å². The summed E-state index contributed by atoms with van der Waals surface area (Å²) in [5.74, 6) is -1.54. The first kappa shape index (κ1) is 12.2. The molecular weight excluding hydrogens is 253 g/mol. The van der Waals surface area contributed by atoms with Crippen molar-refractivity contribution in [1.82, 2.24) is 29.8 Å². The van der Waals surface area contributed by atoms with Crippen LogP contribution in [0.5, 0.6) is 0 Å². The number of carbonyl (C=O) groups excluding carboxylic acids is 1. The first-order chi connectivity index (χ1) is 8.38. The molecule has 2 aromatic heterocycles. The van der Waals surface area contributed by atoms with Crippen molar-refractivity contribution in [3.8, 4) is 0 Å². The number of Topliss-reactive ketones (excluding diaryl/α,β-unsaturated/α-hetero) is 1. The molecule has 0 saturated carbocycles. The molecule has 0 unspecified atom stereocenters. The smallest absolute Gasteiger partial charge is 0.319 e. The van der Waals surface area contributed by atoms with Crippen molar-refractivity contribution < 1.29 is 18.0 Å². The predicted octanol–water partition coefficient (Wildman–Crippen LogP) is 0.200. The Morgan fingerprint density at radius 3 is 2.67 bits per heavy atom. The first-order valence-corrected chi connectivity index (χ1v) is 4.72. The minimum atomic E-state index is -4.95. The molecule has 0 bridgehead atoms. The summed E-state index contributed by atoms with van der Waals surface area (Å²) >= 11 is 0. The summed E-state index contributed by atoms with van der Waals surface area (Å²) in [6, 6.07) is 0. The largest absolute Gasteiger partial charge is 0.456 e. The molecule has 7 nitrogen and oxygen atoms in total. The second-order valence-electron chi connectivity index (χ2n) is 3.49. The fourth-order valence-electron chi connectivity index (χ4n) is 1.22. The highest BCUT2D eigenvalue weighted by molar-refractivity contribution is 5.98. The van der Waals surface area contributed by atoms with Crippen LogP contribution in [0.3, 0.4) is 0 Å². The lowest BCUT2D eigenvalue weighted by molar-refractivity contribution is -0.0888. The number of alkyl halides is 3. The molecule has 0 aliphatic rings. The molecule has 10 heteroatoms. The first-order valence-electron chi connectivity index (χ1n) is 4.72. The van der Waals surface area contributed by atoms with Gasteiger partial charge in [0.25, 0.3) is 5.78 Å². The fourth-order valence-corrected chi connectivity index (χ4v) is 1.22. The third-order valence-electron chi connectivity index (χ3n) is 2.14. The maximum Gasteiger partial charge on any atom is 0.456 e. The van der Waals surface area contributed by atoms with Crippen molar-refractivity contribution in [3.63, 3.8) is 0 Å². The molecule has 0 atom stereocenters. The Morgan fingerprint density at radius 2 is 2.11 bits per heavy atom. The average Bonchev–Trinajstić information content (AvgIpc) is 2.87. The second-order valence-corrected chi connectivity index (χ2v) is 3.49. The molecule has 0 spiro atoms. The van der Waals surface area contributed by atoms with Crippen LogP contribution in [0.25, 0.3) is 0 Å². The minimum Gasteiger partial charge on any atom is -0.319 e. The van der Waals surface area contributed by atoms with E-state index in [0.717, 1.165) is 10.9 Å². The summed E-state index contributed by atoms with van der Waals surface area (Å²) in [7, 11) is 1.67. The Bertz CT molecular complexity index is 571. The Morgan fingerprint density at radius 1 is 1.39 bits per heavy atom. The number of ketones is 1. The van der Waals surface area contributed by atoms with E-state index in [1.807, 2.05) is 0 Å². The van der Waals surface area contributed by atoms with Crippen LogP contribution in [0, 0.1) is 0 Å². The summed E-state index contributed by atoms with van der Waals surface area (Å²) < 4.78 is 39.1. The summed E-state index contributed by atoms with van der Waals surface area (Å²) in [6.45, 7) is 0.0780. The van der Waals surface area contributed by atoms with Crippen LogP contribution in [0.2, 0.25) is 0 Å². The van der Waals surface area contributed by atoms with Crippen LogP contribution >= 0.6 is 0 Å². The Labute approximate surface area is 98.2 Å². The molecule has 2 rings (SSSR count). The molecule has 0 fully saturated rings. The Balaban J connectivity index is 2.17. The molecule has 2 aromatic rings. The normalized spacial score (nSPS) is 11.8. The standard InChI is InChI=1S/C8H7F3N6O/c1-16-4-12-14-6(16)3-17-2-5(13-15-17)7(18)8(9,10)11/h2,4H,3H2,1H3. The van der Waals surface area contributed by atoms with Crippen molar-refractivity contribution in [2.75, 3.05) is 0 Å². The van der Waals surface area contributed by atoms with Gasteiger partial charge < -0.3 is 4.57 Å². The number of halogens is 3. The molecule has 0 saturated heterocycles. The third kappa shape index (κ3) is 2.36. The number of hydrogen-bond acceptors (Lipinski definition) is 5. The molecule has 2 heterocycles. The number of hydrogen-bond donors (Lipinski definition) is 0. The van der Waals surface area contributed by atoms with Gasteiger partial charge in [0.15, 0.2) is 11.5 Å². The molecule has 0 aromatic carbocycles. The zero-order chi connectivity index (χ0) is 13.3. The summed E-state index contributed by atoms with van der Waals surface area (Å²) in [4.78, 5) is 10.9. The zero-order valence-electron chi connectivity index (χ0n) is 9.09. The highest BCUT2D eigenvalue weighted by Gasteiger charge is 2.41. The molecule has 96 valence electrons. The van der Waals surface area contributed by atoms with E-state index in [-0.39, 0.29) is 6.54 Å².